The molecule has 8 nitrogen and oxygen atoms in total. The third kappa shape index (κ3) is 5.12. The summed E-state index contributed by atoms with van der Waals surface area (Å²) in [6.07, 6.45) is 13.8. The van der Waals surface area contributed by atoms with E-state index in [1.807, 2.05) is 17.0 Å². The van der Waals surface area contributed by atoms with Gasteiger partial charge >= 0.3 is 0 Å². The Balaban J connectivity index is 1.18. The second-order valence-corrected chi connectivity index (χ2v) is 11.9. The molecule has 2 saturated heterocycles. The molecule has 8 heteroatoms. The van der Waals surface area contributed by atoms with Gasteiger partial charge in [-0.2, -0.15) is 0 Å². The van der Waals surface area contributed by atoms with Crippen molar-refractivity contribution in [3.8, 4) is 17.1 Å². The van der Waals surface area contributed by atoms with E-state index in [4.69, 9.17) is 9.97 Å². The van der Waals surface area contributed by atoms with Crippen LogP contribution in [0.15, 0.2) is 90.6 Å². The number of benzene rings is 1. The summed E-state index contributed by atoms with van der Waals surface area (Å²) in [6, 6.07) is 16.7. The number of allylic oxidation sites excluding steroid dienone is 4. The first-order valence-electron chi connectivity index (χ1n) is 15.0. The number of imidazole rings is 1. The molecule has 0 bridgehead atoms. The Labute approximate surface area is 251 Å². The fraction of sp³-hybridized carbons (Fsp3) is 0.286. The Morgan fingerprint density at radius 3 is 2.70 bits per heavy atom. The average molecular weight is 570 g/mol. The SMILES string of the molecule is C=CC(=O)N1CCCC2(CN(Cc3ccc(-n4c(-c5cccnc5N=C)nc5ccc(C6=CC=CCC6)nc54)cc3)C2)C1. The molecular weight excluding hydrogens is 534 g/mol. The smallest absolute Gasteiger partial charge is 0.245 e. The summed E-state index contributed by atoms with van der Waals surface area (Å²) in [7, 11) is 0. The van der Waals surface area contributed by atoms with Crippen molar-refractivity contribution in [1.82, 2.24) is 29.3 Å². The molecule has 1 aromatic carbocycles. The van der Waals surface area contributed by atoms with Crippen molar-refractivity contribution in [2.75, 3.05) is 26.2 Å². The van der Waals surface area contributed by atoms with Crippen molar-refractivity contribution in [2.45, 2.75) is 32.2 Å². The first-order chi connectivity index (χ1) is 21.1. The molecule has 2 aliphatic heterocycles. The normalized spacial score (nSPS) is 18.0. The van der Waals surface area contributed by atoms with Gasteiger partial charge < -0.3 is 4.90 Å². The van der Waals surface area contributed by atoms with Crippen LogP contribution in [0.5, 0.6) is 0 Å². The lowest BCUT2D eigenvalue weighted by Gasteiger charge is -2.54. The van der Waals surface area contributed by atoms with Crippen LogP contribution in [-0.2, 0) is 11.3 Å². The first kappa shape index (κ1) is 27.2. The number of fused-ring (bicyclic) bond motifs is 1. The minimum atomic E-state index is 0.0516. The zero-order chi connectivity index (χ0) is 29.4. The number of likely N-dealkylation sites (tertiary alicyclic amines) is 2. The van der Waals surface area contributed by atoms with E-state index in [0.717, 1.165) is 85.9 Å². The van der Waals surface area contributed by atoms with E-state index in [9.17, 15) is 4.79 Å². The number of amides is 1. The van der Waals surface area contributed by atoms with Gasteiger partial charge in [-0.25, -0.2) is 19.9 Å². The van der Waals surface area contributed by atoms with Crippen LogP contribution in [0.4, 0.5) is 5.82 Å². The van der Waals surface area contributed by atoms with E-state index >= 15 is 0 Å². The lowest BCUT2D eigenvalue weighted by molar-refractivity contribution is -0.134. The van der Waals surface area contributed by atoms with Crippen LogP contribution in [-0.4, -0.2) is 68.1 Å². The number of hydrogen-bond acceptors (Lipinski definition) is 6. The number of hydrogen-bond donors (Lipinski definition) is 0. The summed E-state index contributed by atoms with van der Waals surface area (Å²) in [5.74, 6) is 1.33. The van der Waals surface area contributed by atoms with Crippen molar-refractivity contribution in [3.05, 3.63) is 96.9 Å². The molecule has 0 unspecified atom stereocenters. The molecule has 3 aromatic heterocycles. The summed E-state index contributed by atoms with van der Waals surface area (Å²) >= 11 is 0. The molecule has 0 N–H and O–H groups in total. The van der Waals surface area contributed by atoms with Crippen LogP contribution >= 0.6 is 0 Å². The lowest BCUT2D eigenvalue weighted by Crippen LogP contribution is -2.62. The van der Waals surface area contributed by atoms with Gasteiger partial charge in [-0.1, -0.05) is 36.9 Å². The van der Waals surface area contributed by atoms with Crippen LogP contribution in [0.3, 0.4) is 0 Å². The van der Waals surface area contributed by atoms with E-state index in [1.54, 1.807) is 6.20 Å². The number of nitrogens with zero attached hydrogens (tertiary/aromatic N) is 7. The third-order valence-electron chi connectivity index (χ3n) is 8.89. The zero-order valence-corrected chi connectivity index (χ0v) is 24.3. The molecule has 216 valence electrons. The molecule has 4 aromatic rings. The van der Waals surface area contributed by atoms with Crippen LogP contribution in [0.1, 0.15) is 36.9 Å². The molecule has 5 heterocycles. The monoisotopic (exact) mass is 569 g/mol. The standard InChI is InChI=1S/C35H35N7O/c1-3-31(43)41-20-8-18-35(24-41)22-40(23-35)21-25-12-14-27(15-13-25)42-33(28-11-7-19-37-32(28)36-2)39-30-17-16-29(38-34(30)42)26-9-5-4-6-10-26/h3-5,7,9,11-17,19H,1-2,6,8,10,18,20-24H2. The van der Waals surface area contributed by atoms with Crippen molar-refractivity contribution in [1.29, 1.82) is 0 Å². The van der Waals surface area contributed by atoms with Gasteiger partial charge in [-0.3, -0.25) is 14.3 Å². The highest BCUT2D eigenvalue weighted by molar-refractivity contribution is 5.87. The van der Waals surface area contributed by atoms with Gasteiger partial charge in [0.15, 0.2) is 17.3 Å². The molecule has 1 aliphatic carbocycles. The molecule has 0 atom stereocenters. The van der Waals surface area contributed by atoms with Crippen molar-refractivity contribution in [2.24, 2.45) is 10.4 Å². The Kier molecular flexibility index (Phi) is 7.07. The number of carbonyl (C=O) groups is 1. The van der Waals surface area contributed by atoms with Gasteiger partial charge in [0.05, 0.1) is 11.3 Å². The first-order valence-corrected chi connectivity index (χ1v) is 15.0. The summed E-state index contributed by atoms with van der Waals surface area (Å²) in [5.41, 5.74) is 7.07. The van der Waals surface area contributed by atoms with E-state index in [2.05, 4.69) is 87.4 Å². The highest BCUT2D eigenvalue weighted by Crippen LogP contribution is 2.40. The van der Waals surface area contributed by atoms with E-state index in [-0.39, 0.29) is 11.3 Å². The predicted octanol–water partition coefficient (Wildman–Crippen LogP) is 6.16. The maximum atomic E-state index is 12.2. The molecule has 1 spiro atoms. The minimum Gasteiger partial charge on any atom is -0.339 e. The maximum Gasteiger partial charge on any atom is 0.245 e. The second kappa shape index (κ2) is 11.2. The molecular formula is C35H35N7O. The van der Waals surface area contributed by atoms with Crippen molar-refractivity contribution in [3.63, 3.8) is 0 Å². The predicted molar refractivity (Wildman–Crippen MR) is 171 cm³/mol. The van der Waals surface area contributed by atoms with Gasteiger partial charge in [0, 0.05) is 50.0 Å². The Morgan fingerprint density at radius 2 is 1.93 bits per heavy atom. The quantitative estimate of drug-likeness (QED) is 0.197. The molecule has 43 heavy (non-hydrogen) atoms. The minimum absolute atomic E-state index is 0.0516. The van der Waals surface area contributed by atoms with Gasteiger partial charge in [-0.15, -0.1) is 0 Å². The molecule has 1 amide bonds. The Bertz CT molecular complexity index is 1780. The highest BCUT2D eigenvalue weighted by atomic mass is 16.2. The molecule has 0 saturated carbocycles. The van der Waals surface area contributed by atoms with Crippen LogP contribution < -0.4 is 0 Å². The molecule has 3 aliphatic rings. The van der Waals surface area contributed by atoms with Gasteiger partial charge in [0.1, 0.15) is 5.52 Å². The van der Waals surface area contributed by atoms with Gasteiger partial charge in [0.2, 0.25) is 5.91 Å². The highest BCUT2D eigenvalue weighted by Gasteiger charge is 2.45. The lowest BCUT2D eigenvalue weighted by atomic mass is 9.73. The number of aromatic nitrogens is 4. The molecule has 2 fully saturated rings. The third-order valence-corrected chi connectivity index (χ3v) is 8.89. The number of rotatable bonds is 7. The summed E-state index contributed by atoms with van der Waals surface area (Å²) in [5, 5.41) is 0. The zero-order valence-electron chi connectivity index (χ0n) is 24.3. The molecule has 0 radical (unpaired) electrons. The number of aliphatic imine (C=N–C) groups is 1. The van der Waals surface area contributed by atoms with Crippen LogP contribution in [0.25, 0.3) is 33.8 Å². The molecule has 7 rings (SSSR count). The van der Waals surface area contributed by atoms with Gasteiger partial charge in [-0.05, 0) is 86.0 Å². The summed E-state index contributed by atoms with van der Waals surface area (Å²) in [4.78, 5) is 35.4. The summed E-state index contributed by atoms with van der Waals surface area (Å²) in [6.45, 7) is 12.0. The van der Waals surface area contributed by atoms with Crippen LogP contribution in [0.2, 0.25) is 0 Å². The second-order valence-electron chi connectivity index (χ2n) is 11.9. The fourth-order valence-electron chi connectivity index (χ4n) is 6.88. The number of pyridine rings is 2. The van der Waals surface area contributed by atoms with Crippen molar-refractivity contribution >= 4 is 35.2 Å². The maximum absolute atomic E-state index is 12.2. The fourth-order valence-corrected chi connectivity index (χ4v) is 6.88. The van der Waals surface area contributed by atoms with E-state index in [0.29, 0.717) is 5.82 Å². The summed E-state index contributed by atoms with van der Waals surface area (Å²) < 4.78 is 2.11. The largest absolute Gasteiger partial charge is 0.339 e. The number of carbonyl (C=O) groups excluding carboxylic acids is 1. The van der Waals surface area contributed by atoms with E-state index in [1.165, 1.54) is 23.6 Å². The number of piperidine rings is 1. The Morgan fingerprint density at radius 1 is 1.07 bits per heavy atom. The van der Waals surface area contributed by atoms with Gasteiger partial charge in [0.25, 0.3) is 0 Å². The van der Waals surface area contributed by atoms with Crippen molar-refractivity contribution < 1.29 is 4.79 Å². The topological polar surface area (TPSA) is 79.5 Å². The average Bonchev–Trinajstić information content (AvgIpc) is 3.43. The Hall–Kier alpha value is -4.69. The van der Waals surface area contributed by atoms with Crippen LogP contribution in [0, 0.1) is 5.41 Å². The van der Waals surface area contributed by atoms with E-state index < -0.39 is 0 Å².